The van der Waals surface area contributed by atoms with Gasteiger partial charge in [-0.05, 0) is 98.8 Å². The molecular formula is C40H38N4O. The molecule has 5 heteroatoms. The van der Waals surface area contributed by atoms with Crippen LogP contribution in [-0.2, 0) is 5.41 Å². The molecule has 5 nitrogen and oxygen atoms in total. The molecule has 0 amide bonds. The van der Waals surface area contributed by atoms with Crippen LogP contribution in [0.15, 0.2) is 103 Å². The Balaban J connectivity index is 1.29. The predicted octanol–water partition coefficient (Wildman–Crippen LogP) is 9.37. The van der Waals surface area contributed by atoms with Crippen LogP contribution in [-0.4, -0.2) is 14.1 Å². The van der Waals surface area contributed by atoms with Gasteiger partial charge in [-0.1, -0.05) is 62.7 Å². The van der Waals surface area contributed by atoms with Crippen molar-refractivity contribution in [2.24, 2.45) is 0 Å². The van der Waals surface area contributed by atoms with Crippen LogP contribution in [0.3, 0.4) is 0 Å². The number of ether oxygens (including phenoxy) is 1. The maximum atomic E-state index is 6.54. The molecule has 3 heterocycles. The van der Waals surface area contributed by atoms with Gasteiger partial charge in [0.2, 0.25) is 0 Å². The zero-order chi connectivity index (χ0) is 31.5. The quantitative estimate of drug-likeness (QED) is 0.148. The van der Waals surface area contributed by atoms with Gasteiger partial charge in [-0.25, -0.2) is 4.98 Å². The number of imidazole rings is 1. The van der Waals surface area contributed by atoms with Gasteiger partial charge in [0.15, 0.2) is 0 Å². The van der Waals surface area contributed by atoms with Gasteiger partial charge in [-0.3, -0.25) is 13.7 Å². The molecule has 0 atom stereocenters. The van der Waals surface area contributed by atoms with Gasteiger partial charge >= 0.3 is 0 Å². The normalized spacial score (nSPS) is 11.9. The lowest BCUT2D eigenvalue weighted by Gasteiger charge is -2.20. The van der Waals surface area contributed by atoms with E-state index in [2.05, 4.69) is 153 Å². The maximum Gasteiger partial charge on any atom is 0.269 e. The Morgan fingerprint density at radius 2 is 1.51 bits per heavy atom. The molecule has 0 unspecified atom stereocenters. The number of pyridine rings is 1. The molecule has 0 aliphatic rings. The lowest BCUT2D eigenvalue weighted by atomic mass is 9.88. The second-order valence-electron chi connectivity index (χ2n) is 13.0. The van der Waals surface area contributed by atoms with Crippen molar-refractivity contribution < 1.29 is 9.30 Å². The zero-order valence-corrected chi connectivity index (χ0v) is 27.0. The Morgan fingerprint density at radius 1 is 0.733 bits per heavy atom. The number of benzene rings is 4. The van der Waals surface area contributed by atoms with Gasteiger partial charge in [0.1, 0.15) is 17.3 Å². The maximum absolute atomic E-state index is 6.54. The average Bonchev–Trinajstić information content (AvgIpc) is 3.51. The third kappa shape index (κ3) is 5.08. The van der Waals surface area contributed by atoms with Crippen LogP contribution in [0.25, 0.3) is 39.0 Å². The number of rotatable bonds is 5. The zero-order valence-electron chi connectivity index (χ0n) is 27.0. The van der Waals surface area contributed by atoms with E-state index in [9.17, 15) is 0 Å². The van der Waals surface area contributed by atoms with Crippen LogP contribution in [0, 0.1) is 34.0 Å². The van der Waals surface area contributed by atoms with Crippen molar-refractivity contribution in [1.29, 1.82) is 0 Å². The van der Waals surface area contributed by atoms with E-state index in [1.54, 1.807) is 0 Å². The van der Waals surface area contributed by atoms with E-state index < -0.39 is 0 Å². The van der Waals surface area contributed by atoms with E-state index in [0.29, 0.717) is 0 Å². The molecule has 0 aliphatic heterocycles. The van der Waals surface area contributed by atoms with E-state index in [0.717, 1.165) is 51.1 Å². The average molecular weight is 591 g/mol. The third-order valence-electron chi connectivity index (χ3n) is 8.80. The van der Waals surface area contributed by atoms with E-state index in [1.165, 1.54) is 27.5 Å². The highest BCUT2D eigenvalue weighted by atomic mass is 16.5. The monoisotopic (exact) mass is 590 g/mol. The highest BCUT2D eigenvalue weighted by Crippen LogP contribution is 2.36. The Hall–Kier alpha value is -5.16. The molecule has 0 aliphatic carbocycles. The largest absolute Gasteiger partial charge is 0.458 e. The molecular weight excluding hydrogens is 552 g/mol. The molecule has 0 radical (unpaired) electrons. The van der Waals surface area contributed by atoms with Crippen LogP contribution in [0.4, 0.5) is 0 Å². The van der Waals surface area contributed by atoms with Crippen molar-refractivity contribution in [2.45, 2.75) is 53.9 Å². The standard InChI is InChI=1S/C40H38N4O/c1-26-15-16-27(2)37(21-26)43-25-42(28(3)29(43)4)31-11-10-12-32(23-31)45-33-17-18-35-34-13-8-9-14-36(34)44(38(35)24-33)39-22-30(19-20-41-39)40(5,6)7/h8-24H,1-7H3. The minimum atomic E-state index is 0.0158. The molecule has 224 valence electrons. The Labute approximate surface area is 265 Å². The summed E-state index contributed by atoms with van der Waals surface area (Å²) in [7, 11) is 0. The first kappa shape index (κ1) is 28.6. The summed E-state index contributed by atoms with van der Waals surface area (Å²) < 4.78 is 13.1. The summed E-state index contributed by atoms with van der Waals surface area (Å²) in [5, 5.41) is 2.36. The molecule has 0 N–H and O–H groups in total. The van der Waals surface area contributed by atoms with Crippen molar-refractivity contribution in [2.75, 3.05) is 0 Å². The van der Waals surface area contributed by atoms with Crippen molar-refractivity contribution in [3.63, 3.8) is 0 Å². The Morgan fingerprint density at radius 3 is 2.33 bits per heavy atom. The SMILES string of the molecule is Cc1ccc(C)c(-[n+]2[c-]n(-c3cccc(Oc4ccc5c6ccccc6n(-c6cc(C(C)(C)C)ccn6)c5c4)c3)c(C)c2C)c1. The summed E-state index contributed by atoms with van der Waals surface area (Å²) in [6.45, 7) is 15.2. The molecule has 7 rings (SSSR count). The van der Waals surface area contributed by atoms with Crippen molar-refractivity contribution in [1.82, 2.24) is 14.1 Å². The van der Waals surface area contributed by atoms with Crippen LogP contribution < -0.4 is 9.30 Å². The van der Waals surface area contributed by atoms with Crippen LogP contribution in [0.2, 0.25) is 0 Å². The summed E-state index contributed by atoms with van der Waals surface area (Å²) >= 11 is 0. The van der Waals surface area contributed by atoms with E-state index in [-0.39, 0.29) is 5.41 Å². The lowest BCUT2D eigenvalue weighted by Crippen LogP contribution is -2.33. The smallest absolute Gasteiger partial charge is 0.269 e. The molecule has 0 saturated heterocycles. The molecule has 4 aromatic carbocycles. The summed E-state index contributed by atoms with van der Waals surface area (Å²) in [5.74, 6) is 2.43. The summed E-state index contributed by atoms with van der Waals surface area (Å²) in [5.41, 5.74) is 10.3. The van der Waals surface area contributed by atoms with Crippen LogP contribution in [0.5, 0.6) is 11.5 Å². The van der Waals surface area contributed by atoms with Gasteiger partial charge in [-0.2, -0.15) is 0 Å². The Kier molecular flexibility index (Phi) is 6.85. The van der Waals surface area contributed by atoms with E-state index in [1.807, 2.05) is 18.3 Å². The van der Waals surface area contributed by atoms with Crippen molar-refractivity contribution >= 4 is 21.8 Å². The molecule has 0 bridgehead atoms. The number of nitrogens with zero attached hydrogens (tertiary/aromatic N) is 4. The first-order valence-corrected chi connectivity index (χ1v) is 15.5. The van der Waals surface area contributed by atoms with Gasteiger partial charge in [0, 0.05) is 23.0 Å². The first-order chi connectivity index (χ1) is 21.6. The summed E-state index contributed by atoms with van der Waals surface area (Å²) in [6.07, 6.45) is 5.50. The molecule has 0 fully saturated rings. The Bertz CT molecular complexity index is 2230. The van der Waals surface area contributed by atoms with Gasteiger partial charge in [-0.15, -0.1) is 0 Å². The van der Waals surface area contributed by atoms with Gasteiger partial charge in [0.05, 0.1) is 33.8 Å². The summed E-state index contributed by atoms with van der Waals surface area (Å²) in [6, 6.07) is 33.9. The second-order valence-corrected chi connectivity index (χ2v) is 13.0. The third-order valence-corrected chi connectivity index (χ3v) is 8.80. The number of hydrogen-bond acceptors (Lipinski definition) is 2. The fraction of sp³-hybridized carbons (Fsp3) is 0.200. The molecule has 7 aromatic rings. The van der Waals surface area contributed by atoms with Crippen molar-refractivity contribution in [3.8, 4) is 28.7 Å². The van der Waals surface area contributed by atoms with Gasteiger partial charge < -0.3 is 4.74 Å². The highest BCUT2D eigenvalue weighted by Gasteiger charge is 2.19. The van der Waals surface area contributed by atoms with Gasteiger partial charge in [0.25, 0.3) is 6.33 Å². The minimum Gasteiger partial charge on any atom is -0.458 e. The molecule has 0 saturated carbocycles. The van der Waals surface area contributed by atoms with E-state index >= 15 is 0 Å². The lowest BCUT2D eigenvalue weighted by molar-refractivity contribution is -0.606. The topological polar surface area (TPSA) is 35.9 Å². The fourth-order valence-corrected chi connectivity index (χ4v) is 6.11. The van der Waals surface area contributed by atoms with Crippen LogP contribution >= 0.6 is 0 Å². The number of aryl methyl sites for hydroxylation is 2. The summed E-state index contributed by atoms with van der Waals surface area (Å²) in [4.78, 5) is 4.82. The second kappa shape index (κ2) is 10.8. The highest BCUT2D eigenvalue weighted by molar-refractivity contribution is 6.09. The van der Waals surface area contributed by atoms with E-state index in [4.69, 9.17) is 9.72 Å². The first-order valence-electron chi connectivity index (χ1n) is 15.5. The minimum absolute atomic E-state index is 0.0158. The molecule has 3 aromatic heterocycles. The number of aromatic nitrogens is 4. The number of hydrogen-bond donors (Lipinski definition) is 0. The molecule has 0 spiro atoms. The van der Waals surface area contributed by atoms with Crippen molar-refractivity contribution in [3.05, 3.63) is 138 Å². The fourth-order valence-electron chi connectivity index (χ4n) is 6.11. The van der Waals surface area contributed by atoms with Crippen LogP contribution in [0.1, 0.15) is 48.8 Å². The molecule has 45 heavy (non-hydrogen) atoms. The number of fused-ring (bicyclic) bond motifs is 3. The number of para-hydroxylation sites is 1. The predicted molar refractivity (Wildman–Crippen MR) is 182 cm³/mol.